The molecule has 0 bridgehead atoms. The Bertz CT molecular complexity index is 900. The summed E-state index contributed by atoms with van der Waals surface area (Å²) in [6.45, 7) is 3.43. The van der Waals surface area contributed by atoms with E-state index in [0.29, 0.717) is 17.0 Å². The second-order valence-corrected chi connectivity index (χ2v) is 8.46. The Balaban J connectivity index is 1.62. The fourth-order valence-electron chi connectivity index (χ4n) is 3.02. The monoisotopic (exact) mass is 392 g/mol. The van der Waals surface area contributed by atoms with Crippen molar-refractivity contribution in [3.63, 3.8) is 0 Å². The zero-order valence-electron chi connectivity index (χ0n) is 15.4. The molecule has 1 heterocycles. The lowest BCUT2D eigenvalue weighted by molar-refractivity contribution is 0.244. The second-order valence-electron chi connectivity index (χ2n) is 6.78. The molecule has 1 fully saturated rings. The minimum Gasteiger partial charge on any atom is -0.359 e. The van der Waals surface area contributed by atoms with E-state index in [1.54, 1.807) is 26.0 Å². The van der Waals surface area contributed by atoms with Gasteiger partial charge >= 0.3 is 6.03 Å². The predicted molar refractivity (Wildman–Crippen MR) is 102 cm³/mol. The molecule has 1 aliphatic rings. The first-order valence-corrected chi connectivity index (χ1v) is 10.5. The van der Waals surface area contributed by atoms with Gasteiger partial charge in [-0.25, -0.2) is 13.2 Å². The van der Waals surface area contributed by atoms with Gasteiger partial charge in [0.25, 0.3) is 10.0 Å². The van der Waals surface area contributed by atoms with Gasteiger partial charge in [0.15, 0.2) is 5.82 Å². The molecule has 1 aliphatic carbocycles. The van der Waals surface area contributed by atoms with Gasteiger partial charge in [-0.2, -0.15) is 0 Å². The van der Waals surface area contributed by atoms with Crippen molar-refractivity contribution < 1.29 is 17.7 Å². The van der Waals surface area contributed by atoms with Gasteiger partial charge in [0.1, 0.15) is 5.76 Å². The van der Waals surface area contributed by atoms with Crippen LogP contribution in [0.5, 0.6) is 0 Å². The maximum absolute atomic E-state index is 12.5. The number of amides is 2. The van der Waals surface area contributed by atoms with Gasteiger partial charge in [0.05, 0.1) is 4.90 Å². The smallest absolute Gasteiger partial charge is 0.319 e. The van der Waals surface area contributed by atoms with Crippen LogP contribution in [0.4, 0.5) is 16.3 Å². The first-order valence-electron chi connectivity index (χ1n) is 8.98. The predicted octanol–water partition coefficient (Wildman–Crippen LogP) is 3.55. The van der Waals surface area contributed by atoms with Crippen molar-refractivity contribution in [1.29, 1.82) is 0 Å². The summed E-state index contributed by atoms with van der Waals surface area (Å²) in [5, 5.41) is 9.40. The molecule has 2 aromatic rings. The number of nitrogens with one attached hydrogen (secondary N) is 3. The molecule has 3 rings (SSSR count). The molecule has 1 aromatic heterocycles. The number of aromatic nitrogens is 1. The summed E-state index contributed by atoms with van der Waals surface area (Å²) in [5.74, 6) is 0.720. The number of sulfonamides is 1. The first kappa shape index (κ1) is 19.2. The molecule has 0 unspecified atom stereocenters. The lowest BCUT2D eigenvalue weighted by atomic mass is 9.96. The Morgan fingerprint density at radius 1 is 1.11 bits per heavy atom. The molecule has 0 radical (unpaired) electrons. The summed E-state index contributed by atoms with van der Waals surface area (Å²) in [6.07, 6.45) is 5.48. The molecule has 146 valence electrons. The van der Waals surface area contributed by atoms with Gasteiger partial charge in [-0.1, -0.05) is 24.4 Å². The summed E-state index contributed by atoms with van der Waals surface area (Å²) in [7, 11) is -3.79. The van der Waals surface area contributed by atoms with E-state index in [-0.39, 0.29) is 22.8 Å². The molecule has 0 aliphatic heterocycles. The normalized spacial score (nSPS) is 15.3. The van der Waals surface area contributed by atoms with E-state index in [0.717, 1.165) is 25.7 Å². The quantitative estimate of drug-likeness (QED) is 0.720. The average Bonchev–Trinajstić information content (AvgIpc) is 2.94. The van der Waals surface area contributed by atoms with Gasteiger partial charge in [-0.15, -0.1) is 0 Å². The average molecular weight is 392 g/mol. The number of carbonyl (C=O) groups is 1. The van der Waals surface area contributed by atoms with E-state index >= 15 is 0 Å². The highest BCUT2D eigenvalue weighted by molar-refractivity contribution is 7.92. The minimum absolute atomic E-state index is 0.0702. The highest BCUT2D eigenvalue weighted by atomic mass is 32.2. The van der Waals surface area contributed by atoms with Gasteiger partial charge in [-0.05, 0) is 51.0 Å². The molecule has 0 spiro atoms. The summed E-state index contributed by atoms with van der Waals surface area (Å²) < 4.78 is 32.3. The number of nitrogens with zero attached hydrogens (tertiary/aromatic N) is 1. The molecule has 1 aromatic carbocycles. The molecule has 1 saturated carbocycles. The van der Waals surface area contributed by atoms with Crippen LogP contribution in [0.2, 0.25) is 0 Å². The van der Waals surface area contributed by atoms with Crippen molar-refractivity contribution in [2.75, 3.05) is 10.0 Å². The summed E-state index contributed by atoms with van der Waals surface area (Å²) in [4.78, 5) is 12.1. The number of benzene rings is 1. The Morgan fingerprint density at radius 2 is 1.78 bits per heavy atom. The standard InChI is InChI=1S/C18H24N4O4S/c1-12-13(2)26-21-17(12)22-27(24,25)16-10-8-15(9-11-16)20-18(23)19-14-6-4-3-5-7-14/h8-11,14H,3-7H2,1-2H3,(H,21,22)(H2,19,20,23). The van der Waals surface area contributed by atoms with Crippen molar-refractivity contribution in [2.24, 2.45) is 0 Å². The van der Waals surface area contributed by atoms with Gasteiger partial charge < -0.3 is 15.2 Å². The zero-order valence-corrected chi connectivity index (χ0v) is 16.2. The lowest BCUT2D eigenvalue weighted by Gasteiger charge is -2.22. The van der Waals surface area contributed by atoms with E-state index in [2.05, 4.69) is 20.5 Å². The molecular weight excluding hydrogens is 368 g/mol. The second kappa shape index (κ2) is 7.99. The Kier molecular flexibility index (Phi) is 5.69. The summed E-state index contributed by atoms with van der Waals surface area (Å²) in [6, 6.07) is 5.90. The number of urea groups is 1. The molecule has 3 N–H and O–H groups in total. The van der Waals surface area contributed by atoms with Crippen LogP contribution in [0.3, 0.4) is 0 Å². The number of aryl methyl sites for hydroxylation is 1. The maximum atomic E-state index is 12.5. The van der Waals surface area contributed by atoms with Crippen LogP contribution in [0.1, 0.15) is 43.4 Å². The first-order chi connectivity index (χ1) is 12.8. The fraction of sp³-hybridized carbons (Fsp3) is 0.444. The maximum Gasteiger partial charge on any atom is 0.319 e. The van der Waals surface area contributed by atoms with E-state index in [9.17, 15) is 13.2 Å². The van der Waals surface area contributed by atoms with Crippen LogP contribution in [0.25, 0.3) is 0 Å². The number of hydrogen-bond donors (Lipinski definition) is 3. The van der Waals surface area contributed by atoms with Crippen molar-refractivity contribution in [1.82, 2.24) is 10.5 Å². The molecule has 27 heavy (non-hydrogen) atoms. The molecule has 9 heteroatoms. The number of carbonyl (C=O) groups excluding carboxylic acids is 1. The third-order valence-corrected chi connectivity index (χ3v) is 6.11. The van der Waals surface area contributed by atoms with Crippen molar-refractivity contribution in [3.8, 4) is 0 Å². The summed E-state index contributed by atoms with van der Waals surface area (Å²) >= 11 is 0. The van der Waals surface area contributed by atoms with Crippen LogP contribution >= 0.6 is 0 Å². The lowest BCUT2D eigenvalue weighted by Crippen LogP contribution is -2.39. The van der Waals surface area contributed by atoms with Crippen LogP contribution < -0.4 is 15.4 Å². The number of rotatable bonds is 5. The highest BCUT2D eigenvalue weighted by Crippen LogP contribution is 2.22. The van der Waals surface area contributed by atoms with E-state index in [4.69, 9.17) is 4.52 Å². The van der Waals surface area contributed by atoms with Crippen molar-refractivity contribution in [2.45, 2.75) is 56.9 Å². The third-order valence-electron chi connectivity index (χ3n) is 4.75. The Morgan fingerprint density at radius 3 is 2.37 bits per heavy atom. The minimum atomic E-state index is -3.79. The fourth-order valence-corrected chi connectivity index (χ4v) is 4.07. The zero-order chi connectivity index (χ0) is 19.4. The molecule has 2 amide bonds. The number of anilines is 2. The summed E-state index contributed by atoms with van der Waals surface area (Å²) in [5.41, 5.74) is 1.16. The van der Waals surface area contributed by atoms with Gasteiger partial charge in [-0.3, -0.25) is 4.72 Å². The Hall–Kier alpha value is -2.55. The van der Waals surface area contributed by atoms with Crippen LogP contribution in [0.15, 0.2) is 33.7 Å². The van der Waals surface area contributed by atoms with E-state index in [1.807, 2.05) is 0 Å². The molecule has 0 atom stereocenters. The third kappa shape index (κ3) is 4.79. The van der Waals surface area contributed by atoms with Crippen molar-refractivity contribution >= 4 is 27.6 Å². The van der Waals surface area contributed by atoms with Crippen LogP contribution in [-0.4, -0.2) is 25.6 Å². The van der Waals surface area contributed by atoms with Gasteiger partial charge in [0, 0.05) is 17.3 Å². The SMILES string of the molecule is Cc1onc(NS(=O)(=O)c2ccc(NC(=O)NC3CCCCC3)cc2)c1C. The largest absolute Gasteiger partial charge is 0.359 e. The number of hydrogen-bond acceptors (Lipinski definition) is 5. The van der Waals surface area contributed by atoms with E-state index < -0.39 is 10.0 Å². The van der Waals surface area contributed by atoms with Gasteiger partial charge in [0.2, 0.25) is 0 Å². The van der Waals surface area contributed by atoms with Crippen LogP contribution in [0, 0.1) is 13.8 Å². The molecule has 8 nitrogen and oxygen atoms in total. The van der Waals surface area contributed by atoms with Crippen LogP contribution in [-0.2, 0) is 10.0 Å². The topological polar surface area (TPSA) is 113 Å². The molecule has 0 saturated heterocycles. The Labute approximate surface area is 158 Å². The van der Waals surface area contributed by atoms with E-state index in [1.165, 1.54) is 18.6 Å². The van der Waals surface area contributed by atoms with Crippen molar-refractivity contribution in [3.05, 3.63) is 35.6 Å². The molecular formula is C18H24N4O4S. The highest BCUT2D eigenvalue weighted by Gasteiger charge is 2.19.